The molecule has 4 saturated heterocycles. The van der Waals surface area contributed by atoms with Crippen LogP contribution >= 0.6 is 0 Å². The number of likely N-dealkylation sites (tertiary alicyclic amines) is 3. The van der Waals surface area contributed by atoms with Crippen LogP contribution in [0.5, 0.6) is 0 Å². The molecule has 4 fully saturated rings. The van der Waals surface area contributed by atoms with Crippen molar-refractivity contribution in [1.82, 2.24) is 19.6 Å². The van der Waals surface area contributed by atoms with Gasteiger partial charge in [0.2, 0.25) is 0 Å². The van der Waals surface area contributed by atoms with Gasteiger partial charge in [-0.25, -0.2) is 9.59 Å². The lowest BCUT2D eigenvalue weighted by atomic mass is 9.98. The molecule has 5 aliphatic rings. The van der Waals surface area contributed by atoms with E-state index in [4.69, 9.17) is 14.2 Å². The van der Waals surface area contributed by atoms with Gasteiger partial charge in [0.05, 0.1) is 24.9 Å². The number of carbonyl (C=O) groups excluding carboxylic acids is 3. The summed E-state index contributed by atoms with van der Waals surface area (Å²) in [5, 5.41) is 22.5. The zero-order valence-electron chi connectivity index (χ0n) is 26.6. The normalized spacial score (nSPS) is 27.6. The third kappa shape index (κ3) is 8.11. The number of nitrogens with one attached hydrogen (secondary N) is 1. The summed E-state index contributed by atoms with van der Waals surface area (Å²) < 4.78 is 17.3. The second kappa shape index (κ2) is 15.3. The molecule has 254 valence electrons. The van der Waals surface area contributed by atoms with Gasteiger partial charge in [0.15, 0.2) is 12.9 Å². The number of aliphatic hydroxyl groups excluding tert-OH is 2. The van der Waals surface area contributed by atoms with E-state index in [9.17, 15) is 24.6 Å². The molecule has 3 atom stereocenters. The SMILES string of the molecule is O=C(COC(=O)N1CCC(N2CCc3ccccc3NC2=O)CC1)N1CCC(N2CCC(OC3CC(O)CC(CO)O3)CC2)CC1. The zero-order chi connectivity index (χ0) is 32.0. The third-order valence-corrected chi connectivity index (χ3v) is 10.3. The molecule has 46 heavy (non-hydrogen) atoms. The summed E-state index contributed by atoms with van der Waals surface area (Å²) in [5.41, 5.74) is 1.99. The van der Waals surface area contributed by atoms with Crippen molar-refractivity contribution in [3.63, 3.8) is 0 Å². The highest BCUT2D eigenvalue weighted by atomic mass is 16.7. The number of amides is 4. The minimum Gasteiger partial charge on any atom is -0.439 e. The molecule has 5 aliphatic heterocycles. The third-order valence-electron chi connectivity index (χ3n) is 10.3. The molecule has 13 nitrogen and oxygen atoms in total. The fourth-order valence-electron chi connectivity index (χ4n) is 7.63. The molecule has 0 bridgehead atoms. The van der Waals surface area contributed by atoms with E-state index in [0.29, 0.717) is 64.4 Å². The Labute approximate surface area is 270 Å². The monoisotopic (exact) mass is 643 g/mol. The fraction of sp³-hybridized carbons (Fsp3) is 0.727. The summed E-state index contributed by atoms with van der Waals surface area (Å²) in [4.78, 5) is 46.4. The predicted molar refractivity (Wildman–Crippen MR) is 168 cm³/mol. The highest BCUT2D eigenvalue weighted by molar-refractivity contribution is 5.91. The lowest BCUT2D eigenvalue weighted by Crippen LogP contribution is -2.51. The minimum absolute atomic E-state index is 0.0548. The maximum Gasteiger partial charge on any atom is 0.410 e. The van der Waals surface area contributed by atoms with Crippen LogP contribution in [-0.4, -0.2) is 144 Å². The van der Waals surface area contributed by atoms with E-state index in [2.05, 4.69) is 10.2 Å². The number of nitrogens with zero attached hydrogens (tertiary/aromatic N) is 4. The first kappa shape index (κ1) is 33.0. The van der Waals surface area contributed by atoms with Crippen molar-refractivity contribution in [3.8, 4) is 0 Å². The summed E-state index contributed by atoms with van der Waals surface area (Å²) in [6.07, 6.45) is 4.77. The van der Waals surface area contributed by atoms with Gasteiger partial charge in [-0.05, 0) is 56.6 Å². The first-order valence-corrected chi connectivity index (χ1v) is 17.0. The second-order valence-corrected chi connectivity index (χ2v) is 13.3. The Morgan fingerprint density at radius 2 is 1.59 bits per heavy atom. The van der Waals surface area contributed by atoms with Gasteiger partial charge in [0.25, 0.3) is 5.91 Å². The number of piperidine rings is 3. The summed E-state index contributed by atoms with van der Waals surface area (Å²) in [6.45, 7) is 4.34. The Bertz CT molecular complexity index is 1200. The van der Waals surface area contributed by atoms with Gasteiger partial charge in [-0.1, -0.05) is 18.2 Å². The largest absolute Gasteiger partial charge is 0.439 e. The van der Waals surface area contributed by atoms with Crippen LogP contribution in [0.25, 0.3) is 0 Å². The number of para-hydroxylation sites is 1. The molecular formula is C33H49N5O8. The molecule has 0 saturated carbocycles. The number of hydrogen-bond acceptors (Lipinski definition) is 9. The molecule has 3 N–H and O–H groups in total. The minimum atomic E-state index is -0.509. The van der Waals surface area contributed by atoms with Crippen LogP contribution in [0, 0.1) is 0 Å². The van der Waals surface area contributed by atoms with Crippen LogP contribution in [0.3, 0.4) is 0 Å². The average Bonchev–Trinajstić information content (AvgIpc) is 3.25. The van der Waals surface area contributed by atoms with E-state index < -0.39 is 18.5 Å². The number of ether oxygens (including phenoxy) is 3. The van der Waals surface area contributed by atoms with Gasteiger partial charge in [-0.2, -0.15) is 0 Å². The molecule has 1 aromatic rings. The number of carbonyl (C=O) groups is 3. The van der Waals surface area contributed by atoms with Crippen LogP contribution in [0.2, 0.25) is 0 Å². The number of rotatable bonds is 7. The van der Waals surface area contributed by atoms with Crippen molar-refractivity contribution in [3.05, 3.63) is 29.8 Å². The number of aliphatic hydroxyl groups is 2. The van der Waals surface area contributed by atoms with Crippen LogP contribution in [0.4, 0.5) is 15.3 Å². The quantitative estimate of drug-likeness (QED) is 0.407. The topological polar surface area (TPSA) is 144 Å². The number of anilines is 1. The number of hydrogen-bond donors (Lipinski definition) is 3. The molecule has 0 spiro atoms. The van der Waals surface area contributed by atoms with Gasteiger partial charge in [-0.3, -0.25) is 4.79 Å². The molecule has 0 aliphatic carbocycles. The zero-order valence-corrected chi connectivity index (χ0v) is 26.6. The Hall–Kier alpha value is -2.97. The molecule has 5 heterocycles. The van der Waals surface area contributed by atoms with Crippen LogP contribution in [-0.2, 0) is 25.4 Å². The standard InChI is InChI=1S/C33H49N5O8/c39-21-28-19-26(40)20-31(46-28)45-27-10-16-35(17-11-27)24-6-12-36(13-7-24)30(41)22-44-33(43)37-14-8-25(9-15-37)38-18-5-23-3-1-2-4-29(23)34-32(38)42/h1-4,24-28,31,39-40H,5-22H2,(H,34,42). The van der Waals surface area contributed by atoms with E-state index in [1.807, 2.05) is 29.2 Å². The summed E-state index contributed by atoms with van der Waals surface area (Å²) in [6, 6.07) is 8.24. The van der Waals surface area contributed by atoms with Crippen LogP contribution in [0.1, 0.15) is 56.9 Å². The number of urea groups is 1. The Morgan fingerprint density at radius 1 is 0.891 bits per heavy atom. The lowest BCUT2D eigenvalue weighted by molar-refractivity contribution is -0.243. The van der Waals surface area contributed by atoms with Crippen LogP contribution < -0.4 is 5.32 Å². The maximum absolute atomic E-state index is 12.9. The second-order valence-electron chi connectivity index (χ2n) is 13.3. The lowest BCUT2D eigenvalue weighted by Gasteiger charge is -2.42. The Kier molecular flexibility index (Phi) is 11.0. The fourth-order valence-corrected chi connectivity index (χ4v) is 7.63. The van der Waals surface area contributed by atoms with E-state index in [1.165, 1.54) is 0 Å². The Morgan fingerprint density at radius 3 is 2.33 bits per heavy atom. The highest BCUT2D eigenvalue weighted by Gasteiger charge is 2.35. The number of benzene rings is 1. The highest BCUT2D eigenvalue weighted by Crippen LogP contribution is 2.28. The van der Waals surface area contributed by atoms with E-state index in [1.54, 1.807) is 9.80 Å². The Balaban J connectivity index is 0.860. The summed E-state index contributed by atoms with van der Waals surface area (Å²) >= 11 is 0. The van der Waals surface area contributed by atoms with Crippen molar-refractivity contribution in [2.45, 2.75) is 94.5 Å². The molecule has 6 rings (SSSR count). The molecule has 3 unspecified atom stereocenters. The summed E-state index contributed by atoms with van der Waals surface area (Å²) in [5.74, 6) is -0.162. The van der Waals surface area contributed by atoms with Crippen molar-refractivity contribution in [2.24, 2.45) is 0 Å². The predicted octanol–water partition coefficient (Wildman–Crippen LogP) is 2.01. The smallest absolute Gasteiger partial charge is 0.410 e. The summed E-state index contributed by atoms with van der Waals surface area (Å²) in [7, 11) is 0. The van der Waals surface area contributed by atoms with Gasteiger partial charge < -0.3 is 49.3 Å². The molecule has 1 aromatic carbocycles. The van der Waals surface area contributed by atoms with Gasteiger partial charge in [-0.15, -0.1) is 0 Å². The molecular weight excluding hydrogens is 594 g/mol. The van der Waals surface area contributed by atoms with Gasteiger partial charge >= 0.3 is 12.1 Å². The molecule has 4 amide bonds. The van der Waals surface area contributed by atoms with Gasteiger partial charge in [0.1, 0.15) is 0 Å². The molecule has 13 heteroatoms. The van der Waals surface area contributed by atoms with Gasteiger partial charge in [0, 0.05) is 76.4 Å². The van der Waals surface area contributed by atoms with E-state index >= 15 is 0 Å². The average molecular weight is 644 g/mol. The molecule has 0 radical (unpaired) electrons. The maximum atomic E-state index is 12.9. The van der Waals surface area contributed by atoms with E-state index in [0.717, 1.165) is 56.4 Å². The van der Waals surface area contributed by atoms with Crippen molar-refractivity contribution < 1.29 is 38.8 Å². The van der Waals surface area contributed by atoms with E-state index in [-0.39, 0.29) is 43.4 Å². The first-order chi connectivity index (χ1) is 22.4. The number of fused-ring (bicyclic) bond motifs is 1. The van der Waals surface area contributed by atoms with Crippen LogP contribution in [0.15, 0.2) is 24.3 Å². The molecule has 0 aromatic heterocycles. The first-order valence-electron chi connectivity index (χ1n) is 17.0. The van der Waals surface area contributed by atoms with Crippen molar-refractivity contribution >= 4 is 23.7 Å². The van der Waals surface area contributed by atoms with Crippen molar-refractivity contribution in [2.75, 3.05) is 64.3 Å². The van der Waals surface area contributed by atoms with Crippen molar-refractivity contribution in [1.29, 1.82) is 0 Å².